The van der Waals surface area contributed by atoms with Gasteiger partial charge in [-0.3, -0.25) is 4.79 Å². The first-order valence-electron chi connectivity index (χ1n) is 4.20. The molecule has 0 aliphatic carbocycles. The smallest absolute Gasteiger partial charge is 0.396 e. The molecule has 4 nitrogen and oxygen atoms in total. The molecular formula is C10H10INO3. The van der Waals surface area contributed by atoms with E-state index in [1.807, 2.05) is 13.0 Å². The summed E-state index contributed by atoms with van der Waals surface area (Å²) in [6.07, 6.45) is 0. The van der Waals surface area contributed by atoms with Crippen LogP contribution in [-0.4, -0.2) is 19.0 Å². The molecule has 0 bridgehead atoms. The first-order chi connectivity index (χ1) is 7.04. The van der Waals surface area contributed by atoms with Crippen molar-refractivity contribution in [3.05, 3.63) is 27.3 Å². The highest BCUT2D eigenvalue weighted by atomic mass is 127. The van der Waals surface area contributed by atoms with Crippen molar-refractivity contribution in [1.82, 2.24) is 0 Å². The maximum absolute atomic E-state index is 11.2. The number of carbonyl (C=O) groups excluding carboxylic acids is 2. The summed E-state index contributed by atoms with van der Waals surface area (Å²) in [7, 11) is 1.17. The second-order valence-electron chi connectivity index (χ2n) is 2.91. The van der Waals surface area contributed by atoms with E-state index in [2.05, 4.69) is 32.6 Å². The molecule has 0 fully saturated rings. The lowest BCUT2D eigenvalue weighted by molar-refractivity contribution is -0.150. The second-order valence-corrected chi connectivity index (χ2v) is 4.07. The van der Waals surface area contributed by atoms with E-state index < -0.39 is 11.9 Å². The fourth-order valence-electron chi connectivity index (χ4n) is 0.945. The van der Waals surface area contributed by atoms with Crippen molar-refractivity contribution in [2.24, 2.45) is 0 Å². The number of benzene rings is 1. The van der Waals surface area contributed by atoms with E-state index in [9.17, 15) is 9.59 Å². The van der Waals surface area contributed by atoms with Gasteiger partial charge in [-0.1, -0.05) is 6.07 Å². The molecule has 0 spiro atoms. The average molecular weight is 319 g/mol. The van der Waals surface area contributed by atoms with Crippen LogP contribution in [0.4, 0.5) is 5.69 Å². The SMILES string of the molecule is COC(=O)C(=O)Nc1ccc(C)c(I)c1. The number of nitrogens with one attached hydrogen (secondary N) is 1. The Labute approximate surface area is 101 Å². The highest BCUT2D eigenvalue weighted by molar-refractivity contribution is 14.1. The van der Waals surface area contributed by atoms with Gasteiger partial charge in [-0.25, -0.2) is 4.79 Å². The Morgan fingerprint density at radius 1 is 1.40 bits per heavy atom. The van der Waals surface area contributed by atoms with E-state index in [4.69, 9.17) is 0 Å². The Hall–Kier alpha value is -1.11. The van der Waals surface area contributed by atoms with Crippen LogP contribution in [0.25, 0.3) is 0 Å². The van der Waals surface area contributed by atoms with Crippen molar-refractivity contribution in [1.29, 1.82) is 0 Å². The zero-order chi connectivity index (χ0) is 11.4. The fraction of sp³-hybridized carbons (Fsp3) is 0.200. The van der Waals surface area contributed by atoms with Crippen molar-refractivity contribution in [2.75, 3.05) is 12.4 Å². The number of ether oxygens (including phenoxy) is 1. The number of carbonyl (C=O) groups is 2. The fourth-order valence-corrected chi connectivity index (χ4v) is 1.46. The number of aryl methyl sites for hydroxylation is 1. The molecule has 0 unspecified atom stereocenters. The first kappa shape index (κ1) is 12.0. The number of hydrogen-bond donors (Lipinski definition) is 1. The van der Waals surface area contributed by atoms with E-state index in [1.165, 1.54) is 7.11 Å². The van der Waals surface area contributed by atoms with Gasteiger partial charge in [0.2, 0.25) is 0 Å². The van der Waals surface area contributed by atoms with Gasteiger partial charge in [0.05, 0.1) is 7.11 Å². The van der Waals surface area contributed by atoms with Crippen LogP contribution in [-0.2, 0) is 14.3 Å². The largest absolute Gasteiger partial charge is 0.462 e. The molecule has 1 aromatic carbocycles. The molecule has 0 saturated heterocycles. The average Bonchev–Trinajstić information content (AvgIpc) is 2.22. The van der Waals surface area contributed by atoms with Gasteiger partial charge in [-0.05, 0) is 47.2 Å². The second kappa shape index (κ2) is 5.11. The topological polar surface area (TPSA) is 55.4 Å². The van der Waals surface area contributed by atoms with Gasteiger partial charge < -0.3 is 10.1 Å². The third kappa shape index (κ3) is 3.19. The Kier molecular flexibility index (Phi) is 4.07. The Bertz CT molecular complexity index is 404. The van der Waals surface area contributed by atoms with E-state index >= 15 is 0 Å². The van der Waals surface area contributed by atoms with Crippen LogP contribution < -0.4 is 5.32 Å². The van der Waals surface area contributed by atoms with Gasteiger partial charge >= 0.3 is 11.9 Å². The van der Waals surface area contributed by atoms with Crippen LogP contribution in [0.3, 0.4) is 0 Å². The molecule has 80 valence electrons. The first-order valence-corrected chi connectivity index (χ1v) is 5.28. The van der Waals surface area contributed by atoms with Crippen LogP contribution in [0, 0.1) is 10.5 Å². The molecule has 0 aliphatic heterocycles. The summed E-state index contributed by atoms with van der Waals surface area (Å²) in [5, 5.41) is 2.44. The van der Waals surface area contributed by atoms with E-state index in [0.717, 1.165) is 9.13 Å². The zero-order valence-electron chi connectivity index (χ0n) is 8.33. The van der Waals surface area contributed by atoms with E-state index in [-0.39, 0.29) is 0 Å². The molecule has 5 heteroatoms. The number of rotatable bonds is 1. The Balaban J connectivity index is 2.77. The summed E-state index contributed by atoms with van der Waals surface area (Å²) >= 11 is 2.16. The number of hydrogen-bond acceptors (Lipinski definition) is 3. The van der Waals surface area contributed by atoms with E-state index in [1.54, 1.807) is 12.1 Å². The molecule has 1 amide bonds. The molecular weight excluding hydrogens is 309 g/mol. The highest BCUT2D eigenvalue weighted by Gasteiger charge is 2.13. The summed E-state index contributed by atoms with van der Waals surface area (Å²) in [5.41, 5.74) is 1.70. The number of methoxy groups -OCH3 is 1. The quantitative estimate of drug-likeness (QED) is 0.487. The number of anilines is 1. The van der Waals surface area contributed by atoms with Crippen molar-refractivity contribution in [2.45, 2.75) is 6.92 Å². The lowest BCUT2D eigenvalue weighted by atomic mass is 10.2. The lowest BCUT2D eigenvalue weighted by Crippen LogP contribution is -2.23. The summed E-state index contributed by atoms with van der Waals surface area (Å²) in [5.74, 6) is -1.66. The normalized spacial score (nSPS) is 9.53. The minimum atomic E-state index is -0.898. The van der Waals surface area contributed by atoms with Crippen LogP contribution in [0.15, 0.2) is 18.2 Å². The number of esters is 1. The maximum Gasteiger partial charge on any atom is 0.396 e. The molecule has 1 N–H and O–H groups in total. The Morgan fingerprint density at radius 3 is 2.60 bits per heavy atom. The molecule has 15 heavy (non-hydrogen) atoms. The molecule has 0 radical (unpaired) electrons. The minimum Gasteiger partial charge on any atom is -0.462 e. The summed E-state index contributed by atoms with van der Waals surface area (Å²) in [6.45, 7) is 1.97. The molecule has 0 heterocycles. The molecule has 0 aromatic heterocycles. The van der Waals surface area contributed by atoms with Gasteiger partial charge in [0.25, 0.3) is 0 Å². The summed E-state index contributed by atoms with van der Waals surface area (Å²) < 4.78 is 5.31. The summed E-state index contributed by atoms with van der Waals surface area (Å²) in [6, 6.07) is 5.39. The van der Waals surface area contributed by atoms with Crippen molar-refractivity contribution in [3.63, 3.8) is 0 Å². The number of halogens is 1. The van der Waals surface area contributed by atoms with E-state index in [0.29, 0.717) is 5.69 Å². The van der Waals surface area contributed by atoms with Crippen molar-refractivity contribution < 1.29 is 14.3 Å². The Morgan fingerprint density at radius 2 is 2.07 bits per heavy atom. The van der Waals surface area contributed by atoms with Crippen LogP contribution in [0.1, 0.15) is 5.56 Å². The predicted molar refractivity (Wildman–Crippen MR) is 64.5 cm³/mol. The van der Waals surface area contributed by atoms with Crippen LogP contribution in [0.2, 0.25) is 0 Å². The molecule has 0 atom stereocenters. The highest BCUT2D eigenvalue weighted by Crippen LogP contribution is 2.16. The minimum absolute atomic E-state index is 0.584. The molecule has 0 saturated carbocycles. The number of amides is 1. The monoisotopic (exact) mass is 319 g/mol. The third-order valence-electron chi connectivity index (χ3n) is 1.80. The molecule has 1 rings (SSSR count). The lowest BCUT2D eigenvalue weighted by Gasteiger charge is -2.05. The van der Waals surface area contributed by atoms with Crippen molar-refractivity contribution in [3.8, 4) is 0 Å². The standard InChI is InChI=1S/C10H10INO3/c1-6-3-4-7(5-8(6)11)12-9(13)10(14)15-2/h3-5H,1-2H3,(H,12,13). The maximum atomic E-state index is 11.2. The third-order valence-corrected chi connectivity index (χ3v) is 2.96. The zero-order valence-corrected chi connectivity index (χ0v) is 10.5. The van der Waals surface area contributed by atoms with Gasteiger partial charge in [0, 0.05) is 9.26 Å². The van der Waals surface area contributed by atoms with Crippen LogP contribution >= 0.6 is 22.6 Å². The summed E-state index contributed by atoms with van der Waals surface area (Å²) in [4.78, 5) is 22.0. The van der Waals surface area contributed by atoms with Gasteiger partial charge in [-0.2, -0.15) is 0 Å². The van der Waals surface area contributed by atoms with Crippen molar-refractivity contribution >= 4 is 40.2 Å². The molecule has 0 aliphatic rings. The van der Waals surface area contributed by atoms with Crippen LogP contribution in [0.5, 0.6) is 0 Å². The van der Waals surface area contributed by atoms with Gasteiger partial charge in [0.1, 0.15) is 0 Å². The molecule has 1 aromatic rings. The predicted octanol–water partition coefficient (Wildman–Crippen LogP) is 1.71. The van der Waals surface area contributed by atoms with Gasteiger partial charge in [-0.15, -0.1) is 0 Å². The van der Waals surface area contributed by atoms with Gasteiger partial charge in [0.15, 0.2) is 0 Å².